The molecule has 0 bridgehead atoms. The first-order valence-corrected chi connectivity index (χ1v) is 10.9. The Morgan fingerprint density at radius 3 is 2.73 bits per heavy atom. The molecule has 6 rings (SSSR count). The van der Waals surface area contributed by atoms with Gasteiger partial charge in [-0.25, -0.2) is 0 Å². The first kappa shape index (κ1) is 20.2. The van der Waals surface area contributed by atoms with Crippen molar-refractivity contribution in [2.75, 3.05) is 12.1 Å². The van der Waals surface area contributed by atoms with Crippen LogP contribution in [0.4, 0.5) is 5.69 Å². The molecular formula is C24H23N3O6. The second-order valence-electron chi connectivity index (χ2n) is 9.12. The molecule has 0 aromatic heterocycles. The number of fused-ring (bicyclic) bond motifs is 5. The minimum absolute atomic E-state index is 0.0478. The van der Waals surface area contributed by atoms with E-state index in [1.807, 2.05) is 19.1 Å². The summed E-state index contributed by atoms with van der Waals surface area (Å²) in [6.45, 7) is 3.62. The van der Waals surface area contributed by atoms with Crippen LogP contribution in [-0.4, -0.2) is 46.7 Å². The molecule has 0 saturated carbocycles. The van der Waals surface area contributed by atoms with Crippen LogP contribution in [0.25, 0.3) is 0 Å². The highest BCUT2D eigenvalue weighted by atomic mass is 16.7. The van der Waals surface area contributed by atoms with E-state index in [1.165, 1.54) is 4.90 Å². The summed E-state index contributed by atoms with van der Waals surface area (Å²) in [7, 11) is 0. The molecule has 0 aliphatic carbocycles. The third-order valence-electron chi connectivity index (χ3n) is 7.28. The Balaban J connectivity index is 1.43. The molecule has 170 valence electrons. The van der Waals surface area contributed by atoms with Gasteiger partial charge >= 0.3 is 0 Å². The average Bonchev–Trinajstić information content (AvgIpc) is 3.51. The van der Waals surface area contributed by atoms with Crippen molar-refractivity contribution in [2.45, 2.75) is 38.1 Å². The Kier molecular flexibility index (Phi) is 4.15. The number of hydrogen-bond donors (Lipinski definition) is 3. The van der Waals surface area contributed by atoms with E-state index >= 15 is 0 Å². The first-order valence-electron chi connectivity index (χ1n) is 10.9. The third kappa shape index (κ3) is 2.57. The number of para-hydroxylation sites is 1. The standard InChI is InChI=1S/C24H23N3O6/c1-11-4-3-5-14-19(11)25-23(31)24(14)18-17(20(26-24)12(2)28)21(29)27(22(18)30)9-13-6-7-15-16(8-13)33-10-32-15/h3-8,12,17-18,20,26,28H,9-10H2,1-2H3,(H,25,31)/t12-,17+,18+,20+,24+/m1/s1. The fourth-order valence-electron chi connectivity index (χ4n) is 5.76. The second-order valence-corrected chi connectivity index (χ2v) is 9.12. The Bertz CT molecular complexity index is 1230. The van der Waals surface area contributed by atoms with E-state index in [-0.39, 0.29) is 19.2 Å². The number of rotatable bonds is 3. The fraction of sp³-hybridized carbons (Fsp3) is 0.375. The number of imide groups is 1. The lowest BCUT2D eigenvalue weighted by molar-refractivity contribution is -0.143. The van der Waals surface area contributed by atoms with Crippen LogP contribution in [0, 0.1) is 18.8 Å². The van der Waals surface area contributed by atoms with Crippen molar-refractivity contribution < 1.29 is 29.0 Å². The Morgan fingerprint density at radius 2 is 1.94 bits per heavy atom. The normalized spacial score (nSPS) is 30.1. The van der Waals surface area contributed by atoms with Gasteiger partial charge in [0.25, 0.3) is 0 Å². The predicted molar refractivity (Wildman–Crippen MR) is 115 cm³/mol. The first-order chi connectivity index (χ1) is 15.8. The molecule has 33 heavy (non-hydrogen) atoms. The topological polar surface area (TPSA) is 117 Å². The SMILES string of the molecule is Cc1cccc2c1NC(=O)[C@]21N[C@@H]([C@@H](C)O)[C@H]2C(=O)N(Cc3ccc4c(c3)OCO4)C(=O)[C@H]21. The smallest absolute Gasteiger partial charge is 0.250 e. The highest BCUT2D eigenvalue weighted by Crippen LogP contribution is 2.54. The summed E-state index contributed by atoms with van der Waals surface area (Å²) < 4.78 is 10.7. The van der Waals surface area contributed by atoms with Crippen molar-refractivity contribution in [3.8, 4) is 11.5 Å². The van der Waals surface area contributed by atoms with Crippen molar-refractivity contribution in [3.63, 3.8) is 0 Å². The number of aliphatic hydroxyl groups excluding tert-OH is 1. The molecule has 3 N–H and O–H groups in total. The van der Waals surface area contributed by atoms with Gasteiger partial charge in [-0.05, 0) is 37.1 Å². The van der Waals surface area contributed by atoms with E-state index in [4.69, 9.17) is 9.47 Å². The summed E-state index contributed by atoms with van der Waals surface area (Å²) in [6.07, 6.45) is -0.944. The number of hydrogen-bond acceptors (Lipinski definition) is 7. The van der Waals surface area contributed by atoms with Gasteiger partial charge in [0, 0.05) is 17.3 Å². The van der Waals surface area contributed by atoms with Crippen molar-refractivity contribution in [1.82, 2.24) is 10.2 Å². The summed E-state index contributed by atoms with van der Waals surface area (Å²) in [6, 6.07) is 10.0. The van der Waals surface area contributed by atoms with Gasteiger partial charge < -0.3 is 19.9 Å². The number of carbonyl (C=O) groups is 3. The lowest BCUT2D eigenvalue weighted by atomic mass is 9.76. The highest BCUT2D eigenvalue weighted by Gasteiger charge is 2.71. The Hall–Kier alpha value is -3.43. The molecule has 0 radical (unpaired) electrons. The minimum Gasteiger partial charge on any atom is -0.454 e. The molecule has 0 unspecified atom stereocenters. The van der Waals surface area contributed by atoms with Crippen LogP contribution in [0.5, 0.6) is 11.5 Å². The largest absolute Gasteiger partial charge is 0.454 e. The van der Waals surface area contributed by atoms with Crippen molar-refractivity contribution >= 4 is 23.4 Å². The maximum Gasteiger partial charge on any atom is 0.250 e. The summed E-state index contributed by atoms with van der Waals surface area (Å²) in [5.41, 5.74) is 1.45. The third-order valence-corrected chi connectivity index (χ3v) is 7.28. The van der Waals surface area contributed by atoms with Gasteiger partial charge in [0.1, 0.15) is 5.54 Å². The zero-order valence-corrected chi connectivity index (χ0v) is 18.1. The molecular weight excluding hydrogens is 426 g/mol. The number of aliphatic hydroxyl groups is 1. The number of likely N-dealkylation sites (tertiary alicyclic amines) is 1. The molecule has 9 nitrogen and oxygen atoms in total. The number of nitrogens with zero attached hydrogens (tertiary/aromatic N) is 1. The molecule has 4 heterocycles. The molecule has 5 atom stereocenters. The van der Waals surface area contributed by atoms with E-state index in [2.05, 4.69) is 10.6 Å². The average molecular weight is 449 g/mol. The maximum absolute atomic E-state index is 13.8. The minimum atomic E-state index is -1.41. The molecule has 1 spiro atoms. The van der Waals surface area contributed by atoms with Crippen LogP contribution in [0.3, 0.4) is 0 Å². The lowest BCUT2D eigenvalue weighted by Crippen LogP contribution is -2.54. The molecule has 2 aromatic rings. The van der Waals surface area contributed by atoms with Crippen LogP contribution >= 0.6 is 0 Å². The van der Waals surface area contributed by atoms with Crippen molar-refractivity contribution in [3.05, 3.63) is 53.1 Å². The van der Waals surface area contributed by atoms with E-state index in [1.54, 1.807) is 31.2 Å². The van der Waals surface area contributed by atoms with E-state index in [0.717, 1.165) is 5.56 Å². The molecule has 4 aliphatic heterocycles. The van der Waals surface area contributed by atoms with Gasteiger partial charge in [-0.1, -0.05) is 24.3 Å². The van der Waals surface area contributed by atoms with Crippen LogP contribution in [0.2, 0.25) is 0 Å². The van der Waals surface area contributed by atoms with Crippen LogP contribution in [0.1, 0.15) is 23.6 Å². The van der Waals surface area contributed by atoms with Crippen molar-refractivity contribution in [2.24, 2.45) is 11.8 Å². The molecule has 2 saturated heterocycles. The number of ether oxygens (including phenoxy) is 2. The van der Waals surface area contributed by atoms with E-state index in [9.17, 15) is 19.5 Å². The number of carbonyl (C=O) groups excluding carboxylic acids is 3. The van der Waals surface area contributed by atoms with E-state index < -0.39 is 41.3 Å². The zero-order chi connectivity index (χ0) is 23.1. The number of aryl methyl sites for hydroxylation is 1. The summed E-state index contributed by atoms with van der Waals surface area (Å²) in [5, 5.41) is 16.6. The molecule has 2 fully saturated rings. The highest BCUT2D eigenvalue weighted by molar-refractivity contribution is 6.15. The fourth-order valence-corrected chi connectivity index (χ4v) is 5.76. The second kappa shape index (κ2) is 6.79. The summed E-state index contributed by atoms with van der Waals surface area (Å²) >= 11 is 0. The predicted octanol–water partition coefficient (Wildman–Crippen LogP) is 1.03. The van der Waals surface area contributed by atoms with Crippen LogP contribution < -0.4 is 20.1 Å². The summed E-state index contributed by atoms with van der Waals surface area (Å²) in [4.78, 5) is 41.9. The summed E-state index contributed by atoms with van der Waals surface area (Å²) in [5.74, 6) is -1.84. The number of nitrogens with one attached hydrogen (secondary N) is 2. The molecule has 3 amide bonds. The van der Waals surface area contributed by atoms with Gasteiger partial charge in [0.05, 0.1) is 24.5 Å². The number of benzene rings is 2. The number of anilines is 1. The van der Waals surface area contributed by atoms with Gasteiger partial charge in [-0.2, -0.15) is 0 Å². The Morgan fingerprint density at radius 1 is 1.15 bits per heavy atom. The van der Waals surface area contributed by atoms with Gasteiger partial charge in [-0.15, -0.1) is 0 Å². The zero-order valence-electron chi connectivity index (χ0n) is 18.1. The lowest BCUT2D eigenvalue weighted by Gasteiger charge is -2.30. The van der Waals surface area contributed by atoms with Gasteiger partial charge in [-0.3, -0.25) is 24.6 Å². The monoisotopic (exact) mass is 449 g/mol. The molecule has 9 heteroatoms. The van der Waals surface area contributed by atoms with Crippen LogP contribution in [0.15, 0.2) is 36.4 Å². The molecule has 2 aromatic carbocycles. The van der Waals surface area contributed by atoms with Crippen molar-refractivity contribution in [1.29, 1.82) is 0 Å². The number of amides is 3. The Labute approximate surface area is 189 Å². The molecule has 4 aliphatic rings. The maximum atomic E-state index is 13.8. The van der Waals surface area contributed by atoms with Gasteiger partial charge in [0.2, 0.25) is 24.5 Å². The van der Waals surface area contributed by atoms with Crippen LogP contribution in [-0.2, 0) is 26.5 Å². The van der Waals surface area contributed by atoms with Gasteiger partial charge in [0.15, 0.2) is 11.5 Å². The van der Waals surface area contributed by atoms with E-state index in [0.29, 0.717) is 28.3 Å². The quantitative estimate of drug-likeness (QED) is 0.599.